The number of pyridine rings is 1. The molecule has 0 radical (unpaired) electrons. The Balaban J connectivity index is 1.59. The maximum Gasteiger partial charge on any atom is 0.257 e. The Bertz CT molecular complexity index is 1110. The molecule has 0 fully saturated rings. The third kappa shape index (κ3) is 3.89. The van der Waals surface area contributed by atoms with Crippen molar-refractivity contribution in [2.24, 2.45) is 5.92 Å². The van der Waals surface area contributed by atoms with E-state index in [1.165, 1.54) is 17.8 Å². The van der Waals surface area contributed by atoms with E-state index in [1.54, 1.807) is 24.4 Å². The summed E-state index contributed by atoms with van der Waals surface area (Å²) in [5, 5.41) is 6.31. The summed E-state index contributed by atoms with van der Waals surface area (Å²) in [6.07, 6.45) is 6.56. The molecule has 1 aliphatic heterocycles. The van der Waals surface area contributed by atoms with E-state index in [2.05, 4.69) is 39.4 Å². The van der Waals surface area contributed by atoms with E-state index >= 15 is 0 Å². The largest absolute Gasteiger partial charge is 0.383 e. The second-order valence-electron chi connectivity index (χ2n) is 7.08. The molecular weight excluding hydrogens is 369 g/mol. The second-order valence-corrected chi connectivity index (χ2v) is 7.08. The molecule has 29 heavy (non-hydrogen) atoms. The maximum absolute atomic E-state index is 13.2. The van der Waals surface area contributed by atoms with Crippen LogP contribution in [0.15, 0.2) is 60.1 Å². The lowest BCUT2D eigenvalue weighted by Crippen LogP contribution is -2.33. The molecule has 0 spiro atoms. The number of benzene rings is 1. The monoisotopic (exact) mass is 391 g/mol. The van der Waals surface area contributed by atoms with Crippen molar-refractivity contribution in [3.63, 3.8) is 0 Å². The van der Waals surface area contributed by atoms with E-state index in [0.717, 1.165) is 17.7 Å². The molecule has 0 bridgehead atoms. The van der Waals surface area contributed by atoms with Crippen LogP contribution in [0.25, 0.3) is 22.6 Å². The molecule has 0 aliphatic carbocycles. The van der Waals surface area contributed by atoms with Crippen molar-refractivity contribution >= 4 is 17.1 Å². The van der Waals surface area contributed by atoms with E-state index in [-0.39, 0.29) is 11.7 Å². The van der Waals surface area contributed by atoms with Crippen LogP contribution in [0.2, 0.25) is 0 Å². The zero-order valence-electron chi connectivity index (χ0n) is 16.3. The predicted molar refractivity (Wildman–Crippen MR) is 110 cm³/mol. The lowest BCUT2D eigenvalue weighted by molar-refractivity contribution is 0.0966. The Morgan fingerprint density at radius 2 is 2.03 bits per heavy atom. The fourth-order valence-electron chi connectivity index (χ4n) is 3.21. The Kier molecular flexibility index (Phi) is 5.12. The van der Waals surface area contributed by atoms with Crippen LogP contribution in [0.3, 0.4) is 0 Å². The average Bonchev–Trinajstić information content (AvgIpc) is 3.18. The summed E-state index contributed by atoms with van der Waals surface area (Å²) >= 11 is 0. The summed E-state index contributed by atoms with van der Waals surface area (Å²) in [7, 11) is 0. The molecule has 4 rings (SSSR count). The van der Waals surface area contributed by atoms with Crippen LogP contribution in [0, 0.1) is 11.7 Å². The highest BCUT2D eigenvalue weighted by atomic mass is 19.1. The summed E-state index contributed by atoms with van der Waals surface area (Å²) in [6, 6.07) is 7.65. The molecule has 3 aromatic rings. The Morgan fingerprint density at radius 3 is 2.72 bits per heavy atom. The standard InChI is InChI=1S/C22H22FN5O/c1-3-13(2)18-9-8-16(12-25-18)26-22(29)17-10-11-24-21-19(17)27-20(28-21)14-4-6-15(23)7-5-14/h4-11,13,25H,3,12H2,1-2H3,(H,26,29)(H,24,27,28). The van der Waals surface area contributed by atoms with E-state index in [0.29, 0.717) is 35.0 Å². The number of amides is 1. The number of allylic oxidation sites excluding steroid dienone is 3. The van der Waals surface area contributed by atoms with E-state index in [4.69, 9.17) is 0 Å². The van der Waals surface area contributed by atoms with Crippen molar-refractivity contribution in [1.82, 2.24) is 25.6 Å². The zero-order chi connectivity index (χ0) is 20.4. The fourth-order valence-corrected chi connectivity index (χ4v) is 3.21. The molecular formula is C22H22FN5O. The number of fused-ring (bicyclic) bond motifs is 1. The van der Waals surface area contributed by atoms with Crippen LogP contribution in [0.4, 0.5) is 4.39 Å². The number of halogens is 1. The third-order valence-electron chi connectivity index (χ3n) is 5.12. The summed E-state index contributed by atoms with van der Waals surface area (Å²) in [5.74, 6) is 0.439. The van der Waals surface area contributed by atoms with Gasteiger partial charge in [0.25, 0.3) is 5.91 Å². The highest BCUT2D eigenvalue weighted by Crippen LogP contribution is 2.22. The lowest BCUT2D eigenvalue weighted by atomic mass is 10.0. The van der Waals surface area contributed by atoms with Gasteiger partial charge in [-0.1, -0.05) is 13.8 Å². The Hall–Kier alpha value is -3.48. The van der Waals surface area contributed by atoms with Gasteiger partial charge in [-0.05, 0) is 54.8 Å². The van der Waals surface area contributed by atoms with Crippen molar-refractivity contribution in [2.45, 2.75) is 20.3 Å². The van der Waals surface area contributed by atoms with Gasteiger partial charge in [0.2, 0.25) is 0 Å². The van der Waals surface area contributed by atoms with Crippen molar-refractivity contribution in [3.8, 4) is 11.4 Å². The molecule has 1 unspecified atom stereocenters. The quantitative estimate of drug-likeness (QED) is 0.616. The van der Waals surface area contributed by atoms with E-state index in [1.807, 2.05) is 12.2 Å². The summed E-state index contributed by atoms with van der Waals surface area (Å²) in [4.78, 5) is 24.7. The molecule has 2 aromatic heterocycles. The van der Waals surface area contributed by atoms with Gasteiger partial charge in [0.05, 0.1) is 17.6 Å². The molecule has 1 aliphatic rings. The normalized spacial score (nSPS) is 14.7. The van der Waals surface area contributed by atoms with E-state index < -0.39 is 0 Å². The summed E-state index contributed by atoms with van der Waals surface area (Å²) in [5.41, 5.74) is 4.13. The first kappa shape index (κ1) is 18.9. The average molecular weight is 391 g/mol. The minimum atomic E-state index is -0.317. The van der Waals surface area contributed by atoms with Crippen LogP contribution in [0.1, 0.15) is 30.6 Å². The number of H-pyrrole nitrogens is 1. The fraction of sp³-hybridized carbons (Fsp3) is 0.227. The van der Waals surface area contributed by atoms with Gasteiger partial charge in [-0.3, -0.25) is 4.79 Å². The highest BCUT2D eigenvalue weighted by Gasteiger charge is 2.17. The van der Waals surface area contributed by atoms with Gasteiger partial charge >= 0.3 is 0 Å². The van der Waals surface area contributed by atoms with Gasteiger partial charge in [0.15, 0.2) is 5.65 Å². The predicted octanol–water partition coefficient (Wildman–Crippen LogP) is 3.91. The van der Waals surface area contributed by atoms with Crippen molar-refractivity contribution in [3.05, 3.63) is 71.5 Å². The van der Waals surface area contributed by atoms with Crippen LogP contribution < -0.4 is 10.6 Å². The first-order valence-corrected chi connectivity index (χ1v) is 9.61. The number of nitrogens with zero attached hydrogens (tertiary/aromatic N) is 2. The lowest BCUT2D eigenvalue weighted by Gasteiger charge is -2.21. The number of hydrogen-bond donors (Lipinski definition) is 3. The van der Waals surface area contributed by atoms with Crippen LogP contribution in [0.5, 0.6) is 0 Å². The number of carbonyl (C=O) groups is 1. The molecule has 6 nitrogen and oxygen atoms in total. The maximum atomic E-state index is 13.2. The Labute approximate surface area is 168 Å². The third-order valence-corrected chi connectivity index (χ3v) is 5.12. The number of dihydropyridines is 1. The molecule has 3 heterocycles. The van der Waals surface area contributed by atoms with Crippen LogP contribution in [-0.2, 0) is 0 Å². The summed E-state index contributed by atoms with van der Waals surface area (Å²) < 4.78 is 13.2. The minimum absolute atomic E-state index is 0.236. The number of hydrogen-bond acceptors (Lipinski definition) is 4. The number of carbonyl (C=O) groups excluding carboxylic acids is 1. The van der Waals surface area contributed by atoms with Gasteiger partial charge in [-0.25, -0.2) is 14.4 Å². The molecule has 7 heteroatoms. The Morgan fingerprint density at radius 1 is 1.24 bits per heavy atom. The van der Waals surface area contributed by atoms with Gasteiger partial charge in [0.1, 0.15) is 11.6 Å². The highest BCUT2D eigenvalue weighted by molar-refractivity contribution is 6.05. The van der Waals surface area contributed by atoms with Crippen molar-refractivity contribution in [1.29, 1.82) is 0 Å². The zero-order valence-corrected chi connectivity index (χ0v) is 16.3. The number of aromatic amines is 1. The van der Waals surface area contributed by atoms with Crippen LogP contribution in [-0.4, -0.2) is 27.4 Å². The first-order valence-electron chi connectivity index (χ1n) is 9.61. The topological polar surface area (TPSA) is 82.7 Å². The second kappa shape index (κ2) is 7.87. The van der Waals surface area contributed by atoms with E-state index in [9.17, 15) is 9.18 Å². The number of imidazole rings is 1. The summed E-state index contributed by atoms with van der Waals surface area (Å²) in [6.45, 7) is 4.88. The number of nitrogens with one attached hydrogen (secondary N) is 3. The van der Waals surface area contributed by atoms with Crippen LogP contribution >= 0.6 is 0 Å². The first-order chi connectivity index (χ1) is 14.0. The number of rotatable bonds is 5. The van der Waals surface area contributed by atoms with Gasteiger partial charge in [0, 0.05) is 23.2 Å². The van der Waals surface area contributed by atoms with Gasteiger partial charge in [-0.15, -0.1) is 0 Å². The SMILES string of the molecule is CCC(C)C1=CC=C(NC(=O)c2ccnc3nc(-c4ccc(F)cc4)[nH]c23)CN1. The van der Waals surface area contributed by atoms with Crippen molar-refractivity contribution < 1.29 is 9.18 Å². The molecule has 0 saturated carbocycles. The molecule has 0 saturated heterocycles. The molecule has 3 N–H and O–H groups in total. The molecule has 1 amide bonds. The number of aromatic nitrogens is 3. The van der Waals surface area contributed by atoms with Gasteiger partial charge in [-0.2, -0.15) is 0 Å². The minimum Gasteiger partial charge on any atom is -0.383 e. The molecule has 1 atom stereocenters. The van der Waals surface area contributed by atoms with Crippen molar-refractivity contribution in [2.75, 3.05) is 6.54 Å². The smallest absolute Gasteiger partial charge is 0.257 e. The van der Waals surface area contributed by atoms with Gasteiger partial charge < -0.3 is 15.6 Å². The molecule has 148 valence electrons. The molecule has 1 aromatic carbocycles.